The van der Waals surface area contributed by atoms with Gasteiger partial charge in [-0.25, -0.2) is 0 Å². The second kappa shape index (κ2) is 7.70. The van der Waals surface area contributed by atoms with Gasteiger partial charge in [-0.3, -0.25) is 0 Å². The molecule has 0 aromatic rings. The Labute approximate surface area is 179 Å². The Morgan fingerprint density at radius 2 is 1.69 bits per heavy atom. The van der Waals surface area contributed by atoms with Crippen molar-refractivity contribution in [2.45, 2.75) is 92.6 Å². The van der Waals surface area contributed by atoms with Gasteiger partial charge in [-0.15, -0.1) is 0 Å². The van der Waals surface area contributed by atoms with Crippen LogP contribution in [-0.4, -0.2) is 11.2 Å². The van der Waals surface area contributed by atoms with Crippen molar-refractivity contribution in [3.8, 4) is 0 Å². The van der Waals surface area contributed by atoms with Gasteiger partial charge in [-0.2, -0.15) is 0 Å². The number of aliphatic hydroxyl groups is 1. The van der Waals surface area contributed by atoms with Crippen LogP contribution in [0.3, 0.4) is 0 Å². The van der Waals surface area contributed by atoms with Crippen molar-refractivity contribution in [3.63, 3.8) is 0 Å². The molecular weight excluding hydrogens is 352 g/mol. The summed E-state index contributed by atoms with van der Waals surface area (Å²) >= 11 is 0. The summed E-state index contributed by atoms with van der Waals surface area (Å²) in [6, 6.07) is 0. The van der Waals surface area contributed by atoms with Crippen LogP contribution in [0.1, 0.15) is 86.5 Å². The number of rotatable bonds is 4. The van der Waals surface area contributed by atoms with Crippen LogP contribution in [0, 0.1) is 46.3 Å². The molecule has 1 nitrogen and oxygen atoms in total. The number of allylic oxidation sites excluding steroid dienone is 5. The van der Waals surface area contributed by atoms with Gasteiger partial charge in [0, 0.05) is 0 Å². The maximum Gasteiger partial charge on any atom is 0.0578 e. The average Bonchev–Trinajstić information content (AvgIpc) is 3.03. The molecule has 8 atom stereocenters. The lowest BCUT2D eigenvalue weighted by atomic mass is 9.50. The second-order valence-corrected chi connectivity index (χ2v) is 11.9. The highest BCUT2D eigenvalue weighted by atomic mass is 16.3. The van der Waals surface area contributed by atoms with Gasteiger partial charge in [0.1, 0.15) is 0 Å². The van der Waals surface area contributed by atoms with E-state index in [1.54, 1.807) is 5.57 Å². The molecule has 3 unspecified atom stereocenters. The molecule has 1 N–H and O–H groups in total. The van der Waals surface area contributed by atoms with Gasteiger partial charge in [-0.1, -0.05) is 77.0 Å². The van der Waals surface area contributed by atoms with Crippen molar-refractivity contribution in [2.75, 3.05) is 0 Å². The van der Waals surface area contributed by atoms with Gasteiger partial charge < -0.3 is 5.11 Å². The van der Waals surface area contributed by atoms with Crippen molar-refractivity contribution in [3.05, 3.63) is 35.5 Å². The Morgan fingerprint density at radius 1 is 0.931 bits per heavy atom. The van der Waals surface area contributed by atoms with Crippen LogP contribution in [0.2, 0.25) is 0 Å². The fraction of sp³-hybridized carbons (Fsp3) is 0.786. The minimum absolute atomic E-state index is 0.116. The van der Waals surface area contributed by atoms with E-state index in [1.807, 2.05) is 0 Å². The summed E-state index contributed by atoms with van der Waals surface area (Å²) in [7, 11) is 0. The van der Waals surface area contributed by atoms with Crippen LogP contribution < -0.4 is 0 Å². The lowest BCUT2D eigenvalue weighted by Crippen LogP contribution is -2.46. The van der Waals surface area contributed by atoms with Gasteiger partial charge >= 0.3 is 0 Å². The fourth-order valence-corrected chi connectivity index (χ4v) is 7.59. The molecule has 3 saturated carbocycles. The van der Waals surface area contributed by atoms with E-state index in [9.17, 15) is 5.11 Å². The van der Waals surface area contributed by atoms with Crippen molar-refractivity contribution in [1.29, 1.82) is 0 Å². The molecule has 0 saturated heterocycles. The summed E-state index contributed by atoms with van der Waals surface area (Å²) in [5, 5.41) is 10.2. The third-order valence-electron chi connectivity index (χ3n) is 10.0. The van der Waals surface area contributed by atoms with Gasteiger partial charge in [0.2, 0.25) is 0 Å². The molecule has 0 bridgehead atoms. The third-order valence-corrected chi connectivity index (χ3v) is 10.0. The van der Waals surface area contributed by atoms with Gasteiger partial charge in [-0.05, 0) is 91.3 Å². The molecule has 1 heteroatoms. The number of fused-ring (bicyclic) bond motifs is 5. The SMILES string of the molecule is CC(C)C(C)C=CC(C)[C@@H]1CC[C@@H]2C3=CC=C4CC(O)CC[C@]4(C)[C@@H]3CC[C@@]21C. The normalized spacial score (nSPS) is 44.0. The molecule has 0 aromatic carbocycles. The van der Waals surface area contributed by atoms with Gasteiger partial charge in [0.05, 0.1) is 6.10 Å². The largest absolute Gasteiger partial charge is 0.393 e. The van der Waals surface area contributed by atoms with Crippen LogP contribution in [-0.2, 0) is 0 Å². The molecule has 0 radical (unpaired) electrons. The first-order valence-corrected chi connectivity index (χ1v) is 12.4. The van der Waals surface area contributed by atoms with E-state index in [0.29, 0.717) is 22.7 Å². The number of hydrogen-bond acceptors (Lipinski definition) is 1. The van der Waals surface area contributed by atoms with Crippen LogP contribution in [0.15, 0.2) is 35.5 Å². The molecule has 0 aliphatic heterocycles. The highest BCUT2D eigenvalue weighted by Gasteiger charge is 2.56. The maximum absolute atomic E-state index is 10.2. The summed E-state index contributed by atoms with van der Waals surface area (Å²) < 4.78 is 0. The molecule has 162 valence electrons. The average molecular weight is 397 g/mol. The highest BCUT2D eigenvalue weighted by molar-refractivity contribution is 5.39. The Morgan fingerprint density at radius 3 is 2.41 bits per heavy atom. The smallest absolute Gasteiger partial charge is 0.0578 e. The van der Waals surface area contributed by atoms with E-state index in [-0.39, 0.29) is 6.10 Å². The number of aliphatic hydroxyl groups excluding tert-OH is 1. The standard InChI is InChI=1S/C28H44O/c1-18(2)19(3)7-8-20(4)24-11-12-25-23-10-9-21-17-22(29)13-15-27(21,5)26(23)14-16-28(24,25)6/h7-10,18-20,22,24-26,29H,11-17H2,1-6H3/t19?,20?,22?,24-,25+,26+,27-,28+/m0/s1. The molecule has 0 aromatic heterocycles. The summed E-state index contributed by atoms with van der Waals surface area (Å²) in [4.78, 5) is 0. The molecule has 4 aliphatic rings. The molecule has 29 heavy (non-hydrogen) atoms. The number of hydrogen-bond donors (Lipinski definition) is 1. The first kappa shape index (κ1) is 21.4. The fourth-order valence-electron chi connectivity index (χ4n) is 7.59. The quantitative estimate of drug-likeness (QED) is 0.493. The minimum Gasteiger partial charge on any atom is -0.393 e. The Kier molecular flexibility index (Phi) is 5.69. The monoisotopic (exact) mass is 396 g/mol. The zero-order valence-corrected chi connectivity index (χ0v) is 19.7. The highest BCUT2D eigenvalue weighted by Crippen LogP contribution is 2.65. The zero-order valence-electron chi connectivity index (χ0n) is 19.7. The van der Waals surface area contributed by atoms with Crippen molar-refractivity contribution < 1.29 is 5.11 Å². The van der Waals surface area contributed by atoms with E-state index < -0.39 is 0 Å². The lowest BCUT2D eigenvalue weighted by molar-refractivity contribution is 0.0382. The summed E-state index contributed by atoms with van der Waals surface area (Å²) in [5.74, 6) is 4.38. The van der Waals surface area contributed by atoms with Gasteiger partial charge in [0.25, 0.3) is 0 Å². The Bertz CT molecular complexity index is 712. The molecule has 0 amide bonds. The van der Waals surface area contributed by atoms with Crippen LogP contribution >= 0.6 is 0 Å². The topological polar surface area (TPSA) is 20.2 Å². The van der Waals surface area contributed by atoms with Crippen LogP contribution in [0.25, 0.3) is 0 Å². The Balaban J connectivity index is 1.57. The molecule has 4 rings (SSSR count). The molecule has 0 heterocycles. The maximum atomic E-state index is 10.2. The first-order valence-electron chi connectivity index (χ1n) is 12.4. The summed E-state index contributed by atoms with van der Waals surface area (Å²) in [6.07, 6.45) is 18.4. The predicted molar refractivity (Wildman–Crippen MR) is 123 cm³/mol. The molecular formula is C28H44O. The molecule has 4 aliphatic carbocycles. The minimum atomic E-state index is -0.116. The van der Waals surface area contributed by atoms with Crippen LogP contribution in [0.5, 0.6) is 0 Å². The van der Waals surface area contributed by atoms with Crippen molar-refractivity contribution >= 4 is 0 Å². The van der Waals surface area contributed by atoms with E-state index >= 15 is 0 Å². The van der Waals surface area contributed by atoms with E-state index in [0.717, 1.165) is 36.5 Å². The van der Waals surface area contributed by atoms with Crippen molar-refractivity contribution in [1.82, 2.24) is 0 Å². The van der Waals surface area contributed by atoms with Gasteiger partial charge in [0.15, 0.2) is 0 Å². The van der Waals surface area contributed by atoms with E-state index in [1.165, 1.54) is 37.7 Å². The van der Waals surface area contributed by atoms with E-state index in [4.69, 9.17) is 0 Å². The van der Waals surface area contributed by atoms with Crippen molar-refractivity contribution in [2.24, 2.45) is 46.3 Å². The van der Waals surface area contributed by atoms with E-state index in [2.05, 4.69) is 65.8 Å². The lowest BCUT2D eigenvalue weighted by Gasteiger charge is -2.55. The first-order chi connectivity index (χ1) is 13.7. The Hall–Kier alpha value is -0.820. The summed E-state index contributed by atoms with van der Waals surface area (Å²) in [5.41, 5.74) is 4.07. The summed E-state index contributed by atoms with van der Waals surface area (Å²) in [6.45, 7) is 14.6. The zero-order chi connectivity index (χ0) is 21.0. The molecule has 3 fully saturated rings. The third kappa shape index (κ3) is 3.50. The predicted octanol–water partition coefficient (Wildman–Crippen LogP) is 7.33. The molecule has 0 spiro atoms. The second-order valence-electron chi connectivity index (χ2n) is 11.9. The van der Waals surface area contributed by atoms with Crippen LogP contribution in [0.4, 0.5) is 0 Å².